The molecule has 7 heteroatoms. The van der Waals surface area contributed by atoms with Gasteiger partial charge in [0, 0.05) is 31.2 Å². The van der Waals surface area contributed by atoms with Crippen LogP contribution in [0.1, 0.15) is 30.4 Å². The van der Waals surface area contributed by atoms with Crippen LogP contribution >= 0.6 is 0 Å². The number of alkyl halides is 3. The molecule has 2 aromatic heterocycles. The highest BCUT2D eigenvalue weighted by Gasteiger charge is 2.47. The van der Waals surface area contributed by atoms with Gasteiger partial charge in [0.05, 0.1) is 11.1 Å². The van der Waals surface area contributed by atoms with Crippen LogP contribution in [0.3, 0.4) is 0 Å². The van der Waals surface area contributed by atoms with Gasteiger partial charge in [-0.1, -0.05) is 13.2 Å². The molecule has 0 aromatic carbocycles. The molecule has 0 radical (unpaired) electrons. The number of allylic oxidation sites excluding steroid dienone is 2. The summed E-state index contributed by atoms with van der Waals surface area (Å²) in [5.74, 6) is 0. The molecule has 0 amide bonds. The third kappa shape index (κ3) is 2.80. The molecule has 2 aromatic rings. The molecular formula is C19H20F3N3O. The number of imidazole rings is 1. The number of likely N-dealkylation sites (tertiary alicyclic amines) is 1. The summed E-state index contributed by atoms with van der Waals surface area (Å²) in [7, 11) is 0. The van der Waals surface area contributed by atoms with Crippen molar-refractivity contribution in [3.05, 3.63) is 59.3 Å². The third-order valence-electron chi connectivity index (χ3n) is 5.55. The molecule has 3 heterocycles. The van der Waals surface area contributed by atoms with Gasteiger partial charge in [0.2, 0.25) is 0 Å². The second-order valence-corrected chi connectivity index (χ2v) is 7.45. The molecule has 0 atom stereocenters. The first-order chi connectivity index (χ1) is 12.2. The van der Waals surface area contributed by atoms with Crippen molar-refractivity contribution in [2.24, 2.45) is 5.41 Å². The van der Waals surface area contributed by atoms with Gasteiger partial charge in [-0.2, -0.15) is 13.2 Å². The first-order valence-corrected chi connectivity index (χ1v) is 8.60. The van der Waals surface area contributed by atoms with E-state index < -0.39 is 17.4 Å². The number of fused-ring (bicyclic) bond motifs is 1. The Morgan fingerprint density at radius 2 is 2.00 bits per heavy atom. The number of halogens is 3. The number of hydrogen-bond acceptors (Lipinski definition) is 2. The van der Waals surface area contributed by atoms with E-state index in [9.17, 15) is 18.0 Å². The fourth-order valence-electron chi connectivity index (χ4n) is 3.87. The van der Waals surface area contributed by atoms with Crippen molar-refractivity contribution in [1.82, 2.24) is 13.9 Å². The van der Waals surface area contributed by atoms with Crippen LogP contribution in [0.25, 0.3) is 11.2 Å². The molecule has 0 unspecified atom stereocenters. The molecule has 1 aliphatic heterocycles. The molecule has 138 valence electrons. The first-order valence-electron chi connectivity index (χ1n) is 8.60. The number of nitrogens with zero attached hydrogens (tertiary/aromatic N) is 3. The maximum Gasteiger partial charge on any atom is 0.418 e. The van der Waals surface area contributed by atoms with E-state index in [-0.39, 0.29) is 11.2 Å². The summed E-state index contributed by atoms with van der Waals surface area (Å²) in [5.41, 5.74) is -0.413. The van der Waals surface area contributed by atoms with E-state index in [4.69, 9.17) is 0 Å². The van der Waals surface area contributed by atoms with Gasteiger partial charge in [-0.3, -0.25) is 13.9 Å². The van der Waals surface area contributed by atoms with Crippen LogP contribution < -0.4 is 5.69 Å². The minimum absolute atomic E-state index is 0.172. The van der Waals surface area contributed by atoms with Gasteiger partial charge in [-0.15, -0.1) is 0 Å². The Hall–Kier alpha value is -2.28. The maximum absolute atomic E-state index is 13.6. The summed E-state index contributed by atoms with van der Waals surface area (Å²) in [4.78, 5) is 14.7. The summed E-state index contributed by atoms with van der Waals surface area (Å²) in [6, 6.07) is 1.16. The maximum atomic E-state index is 13.6. The predicted octanol–water partition coefficient (Wildman–Crippen LogP) is 3.76. The second-order valence-electron chi connectivity index (χ2n) is 7.45. The number of pyridine rings is 1. The largest absolute Gasteiger partial charge is 0.418 e. The number of aromatic nitrogens is 2. The van der Waals surface area contributed by atoms with Crippen LogP contribution in [0.15, 0.2) is 42.5 Å². The zero-order valence-corrected chi connectivity index (χ0v) is 14.4. The molecule has 1 saturated heterocycles. The zero-order valence-electron chi connectivity index (χ0n) is 14.4. The van der Waals surface area contributed by atoms with E-state index in [0.717, 1.165) is 34.5 Å². The molecule has 26 heavy (non-hydrogen) atoms. The molecule has 4 rings (SSSR count). The average Bonchev–Trinajstić information content (AvgIpc) is 3.10. The Labute approximate surface area is 148 Å². The van der Waals surface area contributed by atoms with Crippen molar-refractivity contribution in [3.63, 3.8) is 0 Å². The summed E-state index contributed by atoms with van der Waals surface area (Å²) < 4.78 is 42.9. The first kappa shape index (κ1) is 17.1. The van der Waals surface area contributed by atoms with Gasteiger partial charge < -0.3 is 0 Å². The molecular weight excluding hydrogens is 343 g/mol. The standard InChI is InChI=1S/C19H20F3N3O/c1-3-13(2)24-11-16-15(19(20,21)22)8-14(10-25(16)17(24)26)9-23-7-6-18(12-23)4-5-18/h3,8,10-11H,1-2,4-7,9,12H2. The number of rotatable bonds is 4. The van der Waals surface area contributed by atoms with Crippen LogP contribution in [0.5, 0.6) is 0 Å². The molecule has 4 nitrogen and oxygen atoms in total. The van der Waals surface area contributed by atoms with E-state index in [1.165, 1.54) is 31.3 Å². The normalized spacial score (nSPS) is 19.3. The lowest BCUT2D eigenvalue weighted by Gasteiger charge is -2.17. The Balaban J connectivity index is 1.79. The SMILES string of the molecule is C=CC(=C)n1cc2c(C(F)(F)F)cc(CN3CCC4(CC4)C3)cn2c1=O. The van der Waals surface area contributed by atoms with Gasteiger partial charge in [0.25, 0.3) is 0 Å². The Morgan fingerprint density at radius 3 is 2.58 bits per heavy atom. The minimum atomic E-state index is -4.54. The van der Waals surface area contributed by atoms with Crippen LogP contribution in [0.4, 0.5) is 13.2 Å². The zero-order chi connectivity index (χ0) is 18.7. The van der Waals surface area contributed by atoms with Crippen LogP contribution in [-0.2, 0) is 12.7 Å². The molecule has 0 bridgehead atoms. The summed E-state index contributed by atoms with van der Waals surface area (Å²) in [5, 5.41) is 0. The minimum Gasteiger partial charge on any atom is -0.298 e. The second kappa shape index (κ2) is 5.61. The summed E-state index contributed by atoms with van der Waals surface area (Å²) in [6.45, 7) is 9.42. The summed E-state index contributed by atoms with van der Waals surface area (Å²) >= 11 is 0. The molecule has 1 spiro atoms. The van der Waals surface area contributed by atoms with Gasteiger partial charge in [0.1, 0.15) is 0 Å². The highest BCUT2D eigenvalue weighted by molar-refractivity contribution is 5.61. The molecule has 1 saturated carbocycles. The van der Waals surface area contributed by atoms with Gasteiger partial charge in [-0.05, 0) is 48.9 Å². The van der Waals surface area contributed by atoms with Crippen molar-refractivity contribution in [2.75, 3.05) is 13.1 Å². The van der Waals surface area contributed by atoms with Crippen molar-refractivity contribution < 1.29 is 13.2 Å². The molecule has 0 N–H and O–H groups in total. The summed E-state index contributed by atoms with van der Waals surface area (Å²) in [6.07, 6.45) is 3.01. The Bertz CT molecular complexity index is 963. The lowest BCUT2D eigenvalue weighted by atomic mass is 10.1. The lowest BCUT2D eigenvalue weighted by molar-refractivity contribution is -0.136. The average molecular weight is 363 g/mol. The molecule has 2 aliphatic rings. The van der Waals surface area contributed by atoms with Gasteiger partial charge in [-0.25, -0.2) is 4.79 Å². The van der Waals surface area contributed by atoms with Crippen molar-refractivity contribution in [3.8, 4) is 0 Å². The fourth-order valence-corrected chi connectivity index (χ4v) is 3.87. The van der Waals surface area contributed by atoms with Crippen LogP contribution in [-0.4, -0.2) is 27.0 Å². The van der Waals surface area contributed by atoms with Crippen LogP contribution in [0, 0.1) is 5.41 Å². The topological polar surface area (TPSA) is 29.6 Å². The molecule has 2 fully saturated rings. The van der Waals surface area contributed by atoms with Crippen molar-refractivity contribution in [2.45, 2.75) is 32.0 Å². The van der Waals surface area contributed by atoms with Crippen molar-refractivity contribution in [1.29, 1.82) is 0 Å². The van der Waals surface area contributed by atoms with E-state index in [0.29, 0.717) is 17.5 Å². The third-order valence-corrected chi connectivity index (χ3v) is 5.55. The quantitative estimate of drug-likeness (QED) is 0.774. The highest BCUT2D eigenvalue weighted by atomic mass is 19.4. The Morgan fingerprint density at radius 1 is 1.27 bits per heavy atom. The van der Waals surface area contributed by atoms with Crippen LogP contribution in [0.2, 0.25) is 0 Å². The number of hydrogen-bond donors (Lipinski definition) is 0. The van der Waals surface area contributed by atoms with Gasteiger partial charge >= 0.3 is 11.9 Å². The monoisotopic (exact) mass is 363 g/mol. The van der Waals surface area contributed by atoms with Crippen molar-refractivity contribution >= 4 is 11.2 Å². The highest BCUT2D eigenvalue weighted by Crippen LogP contribution is 2.52. The lowest BCUT2D eigenvalue weighted by Crippen LogP contribution is -2.23. The smallest absolute Gasteiger partial charge is 0.298 e. The van der Waals surface area contributed by atoms with E-state index in [1.807, 2.05) is 0 Å². The fraction of sp³-hybridized carbons (Fsp3) is 0.421. The Kier molecular flexibility index (Phi) is 3.70. The van der Waals surface area contributed by atoms with E-state index >= 15 is 0 Å². The predicted molar refractivity (Wildman–Crippen MR) is 93.7 cm³/mol. The van der Waals surface area contributed by atoms with E-state index in [1.54, 1.807) is 0 Å². The molecule has 1 aliphatic carbocycles. The van der Waals surface area contributed by atoms with E-state index in [2.05, 4.69) is 18.1 Å². The van der Waals surface area contributed by atoms with Gasteiger partial charge in [0.15, 0.2) is 0 Å².